The Hall–Kier alpha value is -4.48. The molecule has 0 aliphatic rings. The fourth-order valence-electron chi connectivity index (χ4n) is 2.82. The van der Waals surface area contributed by atoms with E-state index in [1.807, 2.05) is 6.07 Å². The van der Waals surface area contributed by atoms with Crippen LogP contribution in [0.4, 0.5) is 11.4 Å². The number of nitrogens with one attached hydrogen (secondary N) is 1. The van der Waals surface area contributed by atoms with Crippen molar-refractivity contribution in [3.8, 4) is 11.8 Å². The van der Waals surface area contributed by atoms with E-state index in [4.69, 9.17) is 16.3 Å². The fraction of sp³-hybridized carbons (Fsp3) is 0.0417. The molecule has 164 valence electrons. The third-order valence-corrected chi connectivity index (χ3v) is 4.73. The summed E-state index contributed by atoms with van der Waals surface area (Å²) in [4.78, 5) is 35.0. The second-order valence-electron chi connectivity index (χ2n) is 6.85. The van der Waals surface area contributed by atoms with Gasteiger partial charge in [-0.25, -0.2) is 4.79 Å². The molecule has 3 aromatic carbocycles. The summed E-state index contributed by atoms with van der Waals surface area (Å²) in [6.45, 7) is 1.61. The number of hydrogen-bond donors (Lipinski definition) is 1. The molecular weight excluding hydrogens is 446 g/mol. The third kappa shape index (κ3) is 6.03. The lowest BCUT2D eigenvalue weighted by atomic mass is 10.1. The number of rotatable bonds is 6. The van der Waals surface area contributed by atoms with Gasteiger partial charge in [-0.15, -0.1) is 0 Å². The van der Waals surface area contributed by atoms with Gasteiger partial charge in [0.05, 0.1) is 10.5 Å². The maximum atomic E-state index is 12.5. The average Bonchev–Trinajstić information content (AvgIpc) is 2.79. The van der Waals surface area contributed by atoms with Crippen molar-refractivity contribution in [2.24, 2.45) is 0 Å². The molecule has 0 radical (unpaired) electrons. The highest BCUT2D eigenvalue weighted by atomic mass is 35.5. The van der Waals surface area contributed by atoms with Gasteiger partial charge in [0.25, 0.3) is 11.6 Å². The van der Waals surface area contributed by atoms with Crippen molar-refractivity contribution >= 4 is 40.9 Å². The van der Waals surface area contributed by atoms with Gasteiger partial charge in [-0.2, -0.15) is 5.26 Å². The minimum Gasteiger partial charge on any atom is -0.423 e. The van der Waals surface area contributed by atoms with Crippen LogP contribution in [-0.4, -0.2) is 16.8 Å². The predicted octanol–water partition coefficient (Wildman–Crippen LogP) is 5.32. The molecule has 1 N–H and O–H groups in total. The van der Waals surface area contributed by atoms with Crippen LogP contribution in [0.2, 0.25) is 5.02 Å². The minimum atomic E-state index is -0.661. The van der Waals surface area contributed by atoms with E-state index in [0.717, 1.165) is 0 Å². The summed E-state index contributed by atoms with van der Waals surface area (Å²) in [7, 11) is 0. The molecule has 9 heteroatoms. The zero-order valence-corrected chi connectivity index (χ0v) is 18.0. The molecule has 0 unspecified atom stereocenters. The van der Waals surface area contributed by atoms with Crippen molar-refractivity contribution in [2.75, 3.05) is 5.32 Å². The van der Waals surface area contributed by atoms with Crippen molar-refractivity contribution in [2.45, 2.75) is 6.92 Å². The van der Waals surface area contributed by atoms with Crippen LogP contribution in [0.25, 0.3) is 6.08 Å². The summed E-state index contributed by atoms with van der Waals surface area (Å²) in [6, 6.07) is 18.4. The molecule has 1 amide bonds. The van der Waals surface area contributed by atoms with Crippen LogP contribution in [0.5, 0.6) is 5.75 Å². The standard InChI is InChI=1S/C24H16ClN3O5/c1-15-11-20(28(31)32)7-10-22(15)27-23(29)18(14-26)12-16-5-8-21(9-6-16)33-24(30)17-3-2-4-19(25)13-17/h2-13H,1H3,(H,27,29)/b18-12+. The van der Waals surface area contributed by atoms with E-state index in [1.165, 1.54) is 42.5 Å². The number of carbonyl (C=O) groups is 2. The number of halogens is 1. The summed E-state index contributed by atoms with van der Waals surface area (Å²) in [5, 5.41) is 23.2. The Morgan fingerprint density at radius 1 is 1.12 bits per heavy atom. The van der Waals surface area contributed by atoms with E-state index in [-0.39, 0.29) is 17.0 Å². The Kier molecular flexibility index (Phi) is 7.18. The topological polar surface area (TPSA) is 122 Å². The van der Waals surface area contributed by atoms with E-state index in [9.17, 15) is 25.0 Å². The smallest absolute Gasteiger partial charge is 0.343 e. The number of carbonyl (C=O) groups excluding carboxylic acids is 2. The molecular formula is C24H16ClN3O5. The molecule has 0 saturated carbocycles. The number of aryl methyl sites for hydroxylation is 1. The van der Waals surface area contributed by atoms with Crippen molar-refractivity contribution in [3.63, 3.8) is 0 Å². The highest BCUT2D eigenvalue weighted by Crippen LogP contribution is 2.22. The minimum absolute atomic E-state index is 0.0994. The van der Waals surface area contributed by atoms with Crippen LogP contribution in [0.3, 0.4) is 0 Å². The second-order valence-corrected chi connectivity index (χ2v) is 7.29. The average molecular weight is 462 g/mol. The van der Waals surface area contributed by atoms with Crippen molar-refractivity contribution in [1.29, 1.82) is 5.26 Å². The Morgan fingerprint density at radius 3 is 2.45 bits per heavy atom. The molecule has 0 aliphatic heterocycles. The number of amides is 1. The highest BCUT2D eigenvalue weighted by Gasteiger charge is 2.14. The largest absolute Gasteiger partial charge is 0.423 e. The lowest BCUT2D eigenvalue weighted by Crippen LogP contribution is -2.14. The molecule has 3 rings (SSSR count). The number of hydrogen-bond acceptors (Lipinski definition) is 6. The van der Waals surface area contributed by atoms with Crippen LogP contribution < -0.4 is 10.1 Å². The van der Waals surface area contributed by atoms with E-state index in [0.29, 0.717) is 27.4 Å². The maximum Gasteiger partial charge on any atom is 0.343 e. The molecule has 0 heterocycles. The fourth-order valence-corrected chi connectivity index (χ4v) is 3.01. The van der Waals surface area contributed by atoms with Gasteiger partial charge in [0.15, 0.2) is 0 Å². The van der Waals surface area contributed by atoms with Crippen molar-refractivity contribution in [3.05, 3.63) is 104 Å². The predicted molar refractivity (Wildman–Crippen MR) is 123 cm³/mol. The van der Waals surface area contributed by atoms with Gasteiger partial charge < -0.3 is 10.1 Å². The summed E-state index contributed by atoms with van der Waals surface area (Å²) >= 11 is 5.88. The summed E-state index contributed by atoms with van der Waals surface area (Å²) < 4.78 is 5.30. The molecule has 0 atom stereocenters. The Balaban J connectivity index is 1.71. The number of benzene rings is 3. The molecule has 0 saturated heterocycles. The zero-order valence-electron chi connectivity index (χ0n) is 17.2. The lowest BCUT2D eigenvalue weighted by molar-refractivity contribution is -0.384. The maximum absolute atomic E-state index is 12.5. The SMILES string of the molecule is Cc1cc([N+](=O)[O-])ccc1NC(=O)/C(C#N)=C/c1ccc(OC(=O)c2cccc(Cl)c2)cc1. The normalized spacial score (nSPS) is 10.8. The second kappa shape index (κ2) is 10.2. The molecule has 8 nitrogen and oxygen atoms in total. The number of non-ortho nitro benzene ring substituents is 1. The number of anilines is 1. The first kappa shape index (κ1) is 23.2. The Bertz CT molecular complexity index is 1310. The van der Waals surface area contributed by atoms with E-state index in [1.54, 1.807) is 37.3 Å². The van der Waals surface area contributed by atoms with Gasteiger partial charge in [-0.3, -0.25) is 14.9 Å². The van der Waals surface area contributed by atoms with E-state index in [2.05, 4.69) is 5.32 Å². The summed E-state index contributed by atoms with van der Waals surface area (Å²) in [5.41, 5.74) is 1.41. The highest BCUT2D eigenvalue weighted by molar-refractivity contribution is 6.30. The van der Waals surface area contributed by atoms with Crippen LogP contribution >= 0.6 is 11.6 Å². The van der Waals surface area contributed by atoms with E-state index >= 15 is 0 Å². The quantitative estimate of drug-likeness (QED) is 0.132. The number of nitriles is 1. The molecule has 0 aliphatic carbocycles. The van der Waals surface area contributed by atoms with Crippen LogP contribution in [0, 0.1) is 28.4 Å². The van der Waals surface area contributed by atoms with Crippen LogP contribution in [0.1, 0.15) is 21.5 Å². The van der Waals surface area contributed by atoms with Gasteiger partial charge in [0.1, 0.15) is 17.4 Å². The van der Waals surface area contributed by atoms with Crippen molar-refractivity contribution < 1.29 is 19.2 Å². The molecule has 0 fully saturated rings. The number of nitro benzene ring substituents is 1. The zero-order chi connectivity index (χ0) is 24.0. The number of nitrogens with zero attached hydrogens (tertiary/aromatic N) is 2. The first-order valence-electron chi connectivity index (χ1n) is 9.53. The van der Waals surface area contributed by atoms with Crippen molar-refractivity contribution in [1.82, 2.24) is 0 Å². The molecule has 0 spiro atoms. The van der Waals surface area contributed by atoms with Crippen LogP contribution in [-0.2, 0) is 4.79 Å². The first-order chi connectivity index (χ1) is 15.8. The molecule has 3 aromatic rings. The lowest BCUT2D eigenvalue weighted by Gasteiger charge is -2.08. The Labute approximate surface area is 193 Å². The van der Waals surface area contributed by atoms with Gasteiger partial charge in [0.2, 0.25) is 0 Å². The monoisotopic (exact) mass is 461 g/mol. The van der Waals surface area contributed by atoms with Gasteiger partial charge in [0, 0.05) is 22.8 Å². The summed E-state index contributed by atoms with van der Waals surface area (Å²) in [5.74, 6) is -0.955. The van der Waals surface area contributed by atoms with Gasteiger partial charge in [-0.05, 0) is 60.5 Å². The number of ether oxygens (including phenoxy) is 1. The summed E-state index contributed by atoms with van der Waals surface area (Å²) in [6.07, 6.45) is 1.37. The number of nitro groups is 1. The van der Waals surface area contributed by atoms with Crippen LogP contribution in [0.15, 0.2) is 72.3 Å². The third-order valence-electron chi connectivity index (χ3n) is 4.50. The number of esters is 1. The van der Waals surface area contributed by atoms with E-state index < -0.39 is 16.8 Å². The van der Waals surface area contributed by atoms with Gasteiger partial charge >= 0.3 is 5.97 Å². The molecule has 0 bridgehead atoms. The first-order valence-corrected chi connectivity index (χ1v) is 9.90. The Morgan fingerprint density at radius 2 is 1.85 bits per heavy atom. The molecule has 0 aromatic heterocycles. The molecule has 33 heavy (non-hydrogen) atoms. The van der Waals surface area contributed by atoms with Gasteiger partial charge in [-0.1, -0.05) is 29.8 Å².